The van der Waals surface area contributed by atoms with E-state index >= 15 is 0 Å². The molecule has 16 heavy (non-hydrogen) atoms. The lowest BCUT2D eigenvalue weighted by atomic mass is 10.3. The third-order valence-electron chi connectivity index (χ3n) is 1.72. The van der Waals surface area contributed by atoms with Crippen LogP contribution in [0.25, 0.3) is 0 Å². The van der Waals surface area contributed by atoms with Gasteiger partial charge in [0.1, 0.15) is 11.4 Å². The van der Waals surface area contributed by atoms with Crippen LogP contribution in [0.1, 0.15) is 36.3 Å². The molecule has 0 amide bonds. The minimum Gasteiger partial charge on any atom is -0.461 e. The predicted octanol–water partition coefficient (Wildman–Crippen LogP) is 1.68. The molecule has 1 aromatic rings. The van der Waals surface area contributed by atoms with E-state index in [1.807, 2.05) is 0 Å². The maximum Gasteiger partial charge on any atom is 0.356 e. The van der Waals surface area contributed by atoms with Crippen LogP contribution in [0.2, 0.25) is 0 Å². The van der Waals surface area contributed by atoms with Gasteiger partial charge in [-0.25, -0.2) is 14.6 Å². The van der Waals surface area contributed by atoms with Crippen LogP contribution in [0.15, 0.2) is 18.2 Å². The zero-order valence-electron chi connectivity index (χ0n) is 9.23. The van der Waals surface area contributed by atoms with Gasteiger partial charge in [-0.3, -0.25) is 0 Å². The van der Waals surface area contributed by atoms with Crippen molar-refractivity contribution in [2.45, 2.75) is 13.8 Å². The van der Waals surface area contributed by atoms with E-state index in [-0.39, 0.29) is 26.0 Å². The van der Waals surface area contributed by atoms with E-state index in [1.54, 1.807) is 19.9 Å². The lowest BCUT2D eigenvalue weighted by Gasteiger charge is -2.03. The molecule has 1 rings (SSSR count). The van der Waals surface area contributed by atoms with E-state index < -0.39 is 11.9 Å². The standard InChI is InChI=1S/C11H13NO4.H2/c1-3-15-10(13)8-6-5-7-9(12-8)11(14)16-4-2;/h5-7H,3-4H2,1-2H3;1H. The Balaban J connectivity index is 0.00000256. The van der Waals surface area contributed by atoms with Crippen molar-refractivity contribution in [3.63, 3.8) is 0 Å². The van der Waals surface area contributed by atoms with E-state index in [0.29, 0.717) is 0 Å². The van der Waals surface area contributed by atoms with Gasteiger partial charge in [0.15, 0.2) is 0 Å². The third kappa shape index (κ3) is 3.05. The summed E-state index contributed by atoms with van der Waals surface area (Å²) in [6.07, 6.45) is 0. The SMILES string of the molecule is CCOC(=O)c1cccc(C(=O)OCC)n1.[HH]. The predicted molar refractivity (Wildman–Crippen MR) is 58.3 cm³/mol. The summed E-state index contributed by atoms with van der Waals surface area (Å²) in [5.74, 6) is -1.10. The van der Waals surface area contributed by atoms with E-state index in [0.717, 1.165) is 0 Å². The Bertz CT molecular complexity index is 362. The highest BCUT2D eigenvalue weighted by Gasteiger charge is 2.13. The summed E-state index contributed by atoms with van der Waals surface area (Å²) in [6.45, 7) is 3.94. The number of nitrogens with zero attached hydrogens (tertiary/aromatic N) is 1. The smallest absolute Gasteiger partial charge is 0.356 e. The molecule has 0 aliphatic rings. The second-order valence-electron chi connectivity index (χ2n) is 2.85. The first-order chi connectivity index (χ1) is 7.69. The largest absolute Gasteiger partial charge is 0.461 e. The molecular weight excluding hydrogens is 210 g/mol. The van der Waals surface area contributed by atoms with Crippen molar-refractivity contribution < 1.29 is 20.5 Å². The molecule has 0 bridgehead atoms. The molecular formula is C11H15NO4. The van der Waals surface area contributed by atoms with Crippen LogP contribution in [0.5, 0.6) is 0 Å². The lowest BCUT2D eigenvalue weighted by molar-refractivity contribution is 0.0511. The van der Waals surface area contributed by atoms with Gasteiger partial charge in [0.25, 0.3) is 0 Å². The molecule has 0 radical (unpaired) electrons. The number of aromatic nitrogens is 1. The number of carbonyl (C=O) groups excluding carboxylic acids is 2. The average molecular weight is 225 g/mol. The maximum atomic E-state index is 11.3. The Morgan fingerprint density at radius 3 is 1.94 bits per heavy atom. The second-order valence-corrected chi connectivity index (χ2v) is 2.85. The van der Waals surface area contributed by atoms with Crippen molar-refractivity contribution in [1.82, 2.24) is 4.98 Å². The van der Waals surface area contributed by atoms with Gasteiger partial charge in [-0.1, -0.05) is 6.07 Å². The Morgan fingerprint density at radius 1 is 1.12 bits per heavy atom. The zero-order chi connectivity index (χ0) is 12.0. The summed E-state index contributed by atoms with van der Waals surface area (Å²) < 4.78 is 9.54. The van der Waals surface area contributed by atoms with Gasteiger partial charge in [-0.2, -0.15) is 0 Å². The molecule has 0 aliphatic heterocycles. The first-order valence-electron chi connectivity index (χ1n) is 5.00. The topological polar surface area (TPSA) is 65.5 Å². The van der Waals surface area contributed by atoms with Gasteiger partial charge >= 0.3 is 11.9 Å². The van der Waals surface area contributed by atoms with Crippen LogP contribution in [0, 0.1) is 0 Å². The van der Waals surface area contributed by atoms with Crippen LogP contribution in [-0.4, -0.2) is 30.1 Å². The van der Waals surface area contributed by atoms with Gasteiger partial charge < -0.3 is 9.47 Å². The molecule has 1 heterocycles. The molecule has 88 valence electrons. The fourth-order valence-corrected chi connectivity index (χ4v) is 1.07. The van der Waals surface area contributed by atoms with Gasteiger partial charge in [0.2, 0.25) is 0 Å². The summed E-state index contributed by atoms with van der Waals surface area (Å²) >= 11 is 0. The van der Waals surface area contributed by atoms with Crippen LogP contribution < -0.4 is 0 Å². The van der Waals surface area contributed by atoms with Crippen LogP contribution >= 0.6 is 0 Å². The molecule has 0 saturated heterocycles. The number of pyridine rings is 1. The molecule has 5 heteroatoms. The van der Waals surface area contributed by atoms with E-state index in [2.05, 4.69) is 4.98 Å². The highest BCUT2D eigenvalue weighted by molar-refractivity contribution is 5.91. The summed E-state index contributed by atoms with van der Waals surface area (Å²) in [4.78, 5) is 26.5. The quantitative estimate of drug-likeness (QED) is 0.729. The molecule has 0 spiro atoms. The van der Waals surface area contributed by atoms with Crippen molar-refractivity contribution >= 4 is 11.9 Å². The molecule has 0 N–H and O–H groups in total. The Hall–Kier alpha value is -1.91. The summed E-state index contributed by atoms with van der Waals surface area (Å²) in [6, 6.07) is 4.53. The van der Waals surface area contributed by atoms with Crippen LogP contribution in [-0.2, 0) is 9.47 Å². The number of rotatable bonds is 4. The number of esters is 2. The lowest BCUT2D eigenvalue weighted by Crippen LogP contribution is -2.12. The fourth-order valence-electron chi connectivity index (χ4n) is 1.07. The third-order valence-corrected chi connectivity index (χ3v) is 1.72. The van der Waals surface area contributed by atoms with Crippen LogP contribution in [0.4, 0.5) is 0 Å². The number of hydrogen-bond donors (Lipinski definition) is 0. The van der Waals surface area contributed by atoms with Crippen molar-refractivity contribution in [2.24, 2.45) is 0 Å². The summed E-state index contributed by atoms with van der Waals surface area (Å²) in [5.41, 5.74) is 0.208. The minimum atomic E-state index is -0.548. The van der Waals surface area contributed by atoms with E-state index in [1.165, 1.54) is 12.1 Å². The molecule has 0 fully saturated rings. The maximum absolute atomic E-state index is 11.3. The number of hydrogen-bond acceptors (Lipinski definition) is 5. The molecule has 5 nitrogen and oxygen atoms in total. The number of carbonyl (C=O) groups is 2. The van der Waals surface area contributed by atoms with Gasteiger partial charge in [0, 0.05) is 1.43 Å². The van der Waals surface area contributed by atoms with Crippen molar-refractivity contribution in [3.05, 3.63) is 29.6 Å². The second kappa shape index (κ2) is 5.85. The number of ether oxygens (including phenoxy) is 2. The average Bonchev–Trinajstić information content (AvgIpc) is 2.30. The monoisotopic (exact) mass is 225 g/mol. The molecule has 0 saturated carbocycles. The van der Waals surface area contributed by atoms with E-state index in [9.17, 15) is 9.59 Å². The Kier molecular flexibility index (Phi) is 4.44. The van der Waals surface area contributed by atoms with Crippen molar-refractivity contribution in [1.29, 1.82) is 0 Å². The Morgan fingerprint density at radius 2 is 1.56 bits per heavy atom. The molecule has 0 aromatic carbocycles. The highest BCUT2D eigenvalue weighted by atomic mass is 16.5. The Labute approximate surface area is 94.9 Å². The minimum absolute atomic E-state index is 0. The normalized spacial score (nSPS) is 9.62. The summed E-state index contributed by atoms with van der Waals surface area (Å²) in [7, 11) is 0. The van der Waals surface area contributed by atoms with Gasteiger partial charge in [-0.15, -0.1) is 0 Å². The molecule has 1 aromatic heterocycles. The zero-order valence-corrected chi connectivity index (χ0v) is 9.23. The molecule has 0 unspecified atom stereocenters. The highest BCUT2D eigenvalue weighted by Crippen LogP contribution is 2.03. The first kappa shape index (κ1) is 12.2. The van der Waals surface area contributed by atoms with Gasteiger partial charge in [-0.05, 0) is 26.0 Å². The summed E-state index contributed by atoms with van der Waals surface area (Å²) in [5, 5.41) is 0. The van der Waals surface area contributed by atoms with Gasteiger partial charge in [0.05, 0.1) is 13.2 Å². The molecule has 0 atom stereocenters. The first-order valence-corrected chi connectivity index (χ1v) is 5.00. The van der Waals surface area contributed by atoms with Crippen LogP contribution in [0.3, 0.4) is 0 Å². The van der Waals surface area contributed by atoms with Crippen molar-refractivity contribution in [2.75, 3.05) is 13.2 Å². The fraction of sp³-hybridized carbons (Fsp3) is 0.364. The molecule has 0 aliphatic carbocycles. The van der Waals surface area contributed by atoms with Crippen molar-refractivity contribution in [3.8, 4) is 0 Å². The van der Waals surface area contributed by atoms with E-state index in [4.69, 9.17) is 9.47 Å².